The van der Waals surface area contributed by atoms with E-state index in [4.69, 9.17) is 10.5 Å². The van der Waals surface area contributed by atoms with Crippen molar-refractivity contribution in [1.29, 1.82) is 0 Å². The van der Waals surface area contributed by atoms with Crippen molar-refractivity contribution >= 4 is 11.8 Å². The molecule has 0 aliphatic heterocycles. The first-order valence-corrected chi connectivity index (χ1v) is 6.36. The average molecular weight is 280 g/mol. The molecule has 0 radical (unpaired) electrons. The summed E-state index contributed by atoms with van der Waals surface area (Å²) < 4.78 is 42.4. The van der Waals surface area contributed by atoms with Gasteiger partial charge in [0.25, 0.3) is 0 Å². The Morgan fingerprint density at radius 1 is 1.39 bits per heavy atom. The van der Waals surface area contributed by atoms with E-state index in [2.05, 4.69) is 4.98 Å². The minimum atomic E-state index is -4.42. The van der Waals surface area contributed by atoms with Crippen LogP contribution in [-0.4, -0.2) is 24.5 Å². The van der Waals surface area contributed by atoms with Crippen molar-refractivity contribution in [3.8, 4) is 0 Å². The predicted octanol–water partition coefficient (Wildman–Crippen LogP) is 2.69. The van der Waals surface area contributed by atoms with Crippen molar-refractivity contribution in [2.45, 2.75) is 24.2 Å². The van der Waals surface area contributed by atoms with E-state index in [1.165, 1.54) is 17.8 Å². The number of alkyl halides is 3. The van der Waals surface area contributed by atoms with Crippen LogP contribution in [0.1, 0.15) is 17.7 Å². The second kappa shape index (κ2) is 6.96. The van der Waals surface area contributed by atoms with E-state index in [1.54, 1.807) is 7.11 Å². The molecule has 0 saturated heterocycles. The van der Waals surface area contributed by atoms with Crippen LogP contribution in [0.2, 0.25) is 0 Å². The zero-order chi connectivity index (χ0) is 13.6. The minimum absolute atomic E-state index is 0.178. The Hall–Kier alpha value is -0.790. The standard InChI is InChI=1S/C11H15F3N2OS/c1-17-5-2-6-18-10-8(7-15)3-4-9(16-10)11(12,13)14/h3-4H,2,5-7,15H2,1H3. The van der Waals surface area contributed by atoms with E-state index in [-0.39, 0.29) is 6.54 Å². The fraction of sp³-hybridized carbons (Fsp3) is 0.545. The molecule has 0 aromatic carbocycles. The molecule has 0 amide bonds. The van der Waals surface area contributed by atoms with Crippen LogP contribution in [0, 0.1) is 0 Å². The van der Waals surface area contributed by atoms with Gasteiger partial charge in [0.05, 0.1) is 0 Å². The summed E-state index contributed by atoms with van der Waals surface area (Å²) in [6, 6.07) is 2.34. The molecule has 0 spiro atoms. The molecule has 3 nitrogen and oxygen atoms in total. The number of halogens is 3. The molecule has 1 heterocycles. The Morgan fingerprint density at radius 2 is 2.11 bits per heavy atom. The Balaban J connectivity index is 2.79. The van der Waals surface area contributed by atoms with Gasteiger partial charge in [0.15, 0.2) is 0 Å². The first kappa shape index (κ1) is 15.3. The third-order valence-electron chi connectivity index (χ3n) is 2.18. The maximum Gasteiger partial charge on any atom is 0.433 e. The number of methoxy groups -OCH3 is 1. The molecule has 0 saturated carbocycles. The molecule has 0 fully saturated rings. The lowest BCUT2D eigenvalue weighted by atomic mass is 10.2. The topological polar surface area (TPSA) is 48.1 Å². The summed E-state index contributed by atoms with van der Waals surface area (Å²) in [6.07, 6.45) is -3.67. The smallest absolute Gasteiger partial charge is 0.385 e. The van der Waals surface area contributed by atoms with Crippen molar-refractivity contribution in [3.63, 3.8) is 0 Å². The van der Waals surface area contributed by atoms with Crippen LogP contribution in [-0.2, 0) is 17.5 Å². The van der Waals surface area contributed by atoms with Gasteiger partial charge >= 0.3 is 6.18 Å². The van der Waals surface area contributed by atoms with Gasteiger partial charge in [-0.1, -0.05) is 6.07 Å². The Bertz CT molecular complexity index is 385. The summed E-state index contributed by atoms with van der Waals surface area (Å²) in [5.41, 5.74) is 5.23. The van der Waals surface area contributed by atoms with Gasteiger partial charge in [0.1, 0.15) is 10.7 Å². The van der Waals surface area contributed by atoms with Crippen LogP contribution < -0.4 is 5.73 Å². The number of hydrogen-bond donors (Lipinski definition) is 1. The number of thioether (sulfide) groups is 1. The summed E-state index contributed by atoms with van der Waals surface area (Å²) in [7, 11) is 1.58. The third kappa shape index (κ3) is 4.47. The second-order valence-electron chi connectivity index (χ2n) is 3.56. The molecule has 18 heavy (non-hydrogen) atoms. The van der Waals surface area contributed by atoms with Crippen LogP contribution in [0.5, 0.6) is 0 Å². The number of nitrogens with zero attached hydrogens (tertiary/aromatic N) is 1. The first-order valence-electron chi connectivity index (χ1n) is 5.38. The normalized spacial score (nSPS) is 11.8. The molecular formula is C11H15F3N2OS. The van der Waals surface area contributed by atoms with Gasteiger partial charge in [-0.3, -0.25) is 0 Å². The monoisotopic (exact) mass is 280 g/mol. The predicted molar refractivity (Wildman–Crippen MR) is 64.3 cm³/mol. The Labute approximate surface area is 108 Å². The van der Waals surface area contributed by atoms with Gasteiger partial charge < -0.3 is 10.5 Å². The van der Waals surface area contributed by atoms with Crippen LogP contribution in [0.3, 0.4) is 0 Å². The quantitative estimate of drug-likeness (QED) is 0.643. The van der Waals surface area contributed by atoms with Crippen molar-refractivity contribution in [3.05, 3.63) is 23.4 Å². The number of nitrogens with two attached hydrogens (primary N) is 1. The highest BCUT2D eigenvalue weighted by atomic mass is 32.2. The largest absolute Gasteiger partial charge is 0.433 e. The number of aromatic nitrogens is 1. The number of rotatable bonds is 6. The minimum Gasteiger partial charge on any atom is -0.385 e. The molecule has 0 atom stereocenters. The fourth-order valence-corrected chi connectivity index (χ4v) is 2.23. The van der Waals surface area contributed by atoms with Crippen molar-refractivity contribution in [2.75, 3.05) is 19.5 Å². The van der Waals surface area contributed by atoms with E-state index in [1.807, 2.05) is 0 Å². The summed E-state index contributed by atoms with van der Waals surface area (Å²) in [4.78, 5) is 3.63. The van der Waals surface area contributed by atoms with Gasteiger partial charge in [0, 0.05) is 26.0 Å². The summed E-state index contributed by atoms with van der Waals surface area (Å²) >= 11 is 1.27. The van der Waals surface area contributed by atoms with E-state index >= 15 is 0 Å². The summed E-state index contributed by atoms with van der Waals surface area (Å²) in [6.45, 7) is 0.752. The lowest BCUT2D eigenvalue weighted by molar-refractivity contribution is -0.141. The molecule has 1 aromatic rings. The van der Waals surface area contributed by atoms with Gasteiger partial charge in [-0.2, -0.15) is 13.2 Å². The van der Waals surface area contributed by atoms with E-state index in [9.17, 15) is 13.2 Å². The molecule has 0 aliphatic carbocycles. The van der Waals surface area contributed by atoms with Crippen LogP contribution in [0.25, 0.3) is 0 Å². The number of pyridine rings is 1. The molecule has 1 aromatic heterocycles. The maximum absolute atomic E-state index is 12.5. The van der Waals surface area contributed by atoms with Gasteiger partial charge in [-0.15, -0.1) is 11.8 Å². The van der Waals surface area contributed by atoms with Crippen LogP contribution in [0.15, 0.2) is 17.2 Å². The zero-order valence-corrected chi connectivity index (χ0v) is 10.8. The molecule has 102 valence electrons. The van der Waals surface area contributed by atoms with Crippen molar-refractivity contribution in [1.82, 2.24) is 4.98 Å². The van der Waals surface area contributed by atoms with Gasteiger partial charge in [0.2, 0.25) is 0 Å². The summed E-state index contributed by atoms with van der Waals surface area (Å²) in [5.74, 6) is 0.648. The molecule has 1 rings (SSSR count). The maximum atomic E-state index is 12.5. The molecule has 7 heteroatoms. The summed E-state index contributed by atoms with van der Waals surface area (Å²) in [5, 5.41) is 0.350. The second-order valence-corrected chi connectivity index (χ2v) is 4.64. The molecule has 0 aliphatic rings. The molecular weight excluding hydrogens is 265 g/mol. The van der Waals surface area contributed by atoms with Crippen molar-refractivity contribution in [2.24, 2.45) is 5.73 Å². The highest BCUT2D eigenvalue weighted by molar-refractivity contribution is 7.99. The van der Waals surface area contributed by atoms with Crippen LogP contribution in [0.4, 0.5) is 13.2 Å². The highest BCUT2D eigenvalue weighted by Gasteiger charge is 2.32. The van der Waals surface area contributed by atoms with Crippen molar-refractivity contribution < 1.29 is 17.9 Å². The first-order chi connectivity index (χ1) is 8.49. The Kier molecular flexibility index (Phi) is 5.90. The van der Waals surface area contributed by atoms with E-state index < -0.39 is 11.9 Å². The molecule has 0 bridgehead atoms. The zero-order valence-electron chi connectivity index (χ0n) is 9.96. The Morgan fingerprint density at radius 3 is 2.67 bits per heavy atom. The molecule has 0 unspecified atom stereocenters. The highest BCUT2D eigenvalue weighted by Crippen LogP contribution is 2.30. The van der Waals surface area contributed by atoms with Crippen LogP contribution >= 0.6 is 11.8 Å². The van der Waals surface area contributed by atoms with Gasteiger partial charge in [-0.05, 0) is 18.1 Å². The lowest BCUT2D eigenvalue weighted by Gasteiger charge is -2.11. The van der Waals surface area contributed by atoms with Gasteiger partial charge in [-0.25, -0.2) is 4.98 Å². The third-order valence-corrected chi connectivity index (χ3v) is 3.30. The fourth-order valence-electron chi connectivity index (χ4n) is 1.28. The lowest BCUT2D eigenvalue weighted by Crippen LogP contribution is -2.10. The average Bonchev–Trinajstić information content (AvgIpc) is 2.33. The SMILES string of the molecule is COCCCSc1nc(C(F)(F)F)ccc1CN. The number of hydrogen-bond acceptors (Lipinski definition) is 4. The molecule has 2 N–H and O–H groups in total. The van der Waals surface area contributed by atoms with E-state index in [0.717, 1.165) is 12.5 Å². The van der Waals surface area contributed by atoms with E-state index in [0.29, 0.717) is 22.9 Å². The number of ether oxygens (including phenoxy) is 1.